The summed E-state index contributed by atoms with van der Waals surface area (Å²) >= 11 is 0. The molecule has 0 fully saturated rings. The van der Waals surface area contributed by atoms with Crippen LogP contribution in [0.25, 0.3) is 0 Å². The normalized spacial score (nSPS) is 13.4. The van der Waals surface area contributed by atoms with Crippen LogP contribution in [-0.2, 0) is 26.1 Å². The maximum Gasteiger partial charge on any atom is 0.258 e. The summed E-state index contributed by atoms with van der Waals surface area (Å²) in [5, 5.41) is 8.76. The molecule has 0 bridgehead atoms. The Bertz CT molecular complexity index is 474. The molecule has 7 nitrogen and oxygen atoms in total. The topological polar surface area (TPSA) is 97.8 Å². The zero-order chi connectivity index (χ0) is 14.3. The van der Waals surface area contributed by atoms with Gasteiger partial charge in [0, 0.05) is 27.0 Å². The first-order valence-electron chi connectivity index (χ1n) is 5.60. The number of aliphatic hydroxyl groups excluding tert-OH is 1. The predicted octanol–water partition coefficient (Wildman–Crippen LogP) is -0.486. The van der Waals surface area contributed by atoms with Crippen LogP contribution in [0.15, 0.2) is 23.4 Å². The van der Waals surface area contributed by atoms with Gasteiger partial charge in [0.1, 0.15) is 0 Å². The number of nitrogens with zero attached hydrogens (tertiary/aromatic N) is 1. The highest BCUT2D eigenvalue weighted by molar-refractivity contribution is 7.89. The molecule has 1 rings (SSSR count). The summed E-state index contributed by atoms with van der Waals surface area (Å²) in [6, 6.07) is 2.84. The fourth-order valence-corrected chi connectivity index (χ4v) is 2.33. The Morgan fingerprint density at radius 2 is 2.16 bits per heavy atom. The molecule has 1 unspecified atom stereocenters. The highest BCUT2D eigenvalue weighted by atomic mass is 32.2. The maximum atomic E-state index is 11.9. The van der Waals surface area contributed by atoms with Crippen LogP contribution >= 0.6 is 0 Å². The Balaban J connectivity index is 2.69. The summed E-state index contributed by atoms with van der Waals surface area (Å²) in [5.41, 5.74) is 0.549. The predicted molar refractivity (Wildman–Crippen MR) is 68.0 cm³/mol. The lowest BCUT2D eigenvalue weighted by atomic mass is 10.3. The number of pyridine rings is 1. The van der Waals surface area contributed by atoms with Gasteiger partial charge in [0.2, 0.25) is 0 Å². The standard InChI is InChI=1S/C11H18N2O5S/c1-17-8-10(18-2)6-13-19(15,16)11-4-3-9(7-14)5-12-11/h3-5,10,13-14H,6-8H2,1-2H3. The van der Waals surface area contributed by atoms with E-state index in [1.165, 1.54) is 32.5 Å². The van der Waals surface area contributed by atoms with Crippen LogP contribution in [-0.4, -0.2) is 52.0 Å². The van der Waals surface area contributed by atoms with Crippen molar-refractivity contribution in [3.05, 3.63) is 23.9 Å². The van der Waals surface area contributed by atoms with E-state index in [1.54, 1.807) is 0 Å². The van der Waals surface area contributed by atoms with E-state index < -0.39 is 10.0 Å². The third kappa shape index (κ3) is 4.84. The summed E-state index contributed by atoms with van der Waals surface area (Å²) in [6.45, 7) is 0.201. The van der Waals surface area contributed by atoms with Gasteiger partial charge in [-0.05, 0) is 11.6 Å². The third-order valence-electron chi connectivity index (χ3n) is 2.44. The Labute approximate surface area is 112 Å². The molecule has 1 atom stereocenters. The van der Waals surface area contributed by atoms with Gasteiger partial charge in [-0.2, -0.15) is 0 Å². The van der Waals surface area contributed by atoms with Crippen molar-refractivity contribution in [2.45, 2.75) is 17.7 Å². The van der Waals surface area contributed by atoms with Crippen molar-refractivity contribution in [2.75, 3.05) is 27.4 Å². The fraction of sp³-hybridized carbons (Fsp3) is 0.545. The van der Waals surface area contributed by atoms with Crippen LogP contribution in [0.3, 0.4) is 0 Å². The van der Waals surface area contributed by atoms with E-state index in [2.05, 4.69) is 9.71 Å². The van der Waals surface area contributed by atoms with Crippen LogP contribution in [0.1, 0.15) is 5.56 Å². The number of nitrogens with one attached hydrogen (secondary N) is 1. The second-order valence-electron chi connectivity index (χ2n) is 3.83. The summed E-state index contributed by atoms with van der Waals surface area (Å²) in [5.74, 6) is 0. The Hall–Kier alpha value is -1.06. The number of methoxy groups -OCH3 is 2. The number of rotatable bonds is 8. The lowest BCUT2D eigenvalue weighted by Gasteiger charge is -2.14. The molecule has 0 aliphatic carbocycles. The highest BCUT2D eigenvalue weighted by Gasteiger charge is 2.17. The molecule has 8 heteroatoms. The molecule has 0 aromatic carbocycles. The molecular weight excluding hydrogens is 272 g/mol. The van der Waals surface area contributed by atoms with Crippen molar-refractivity contribution in [1.82, 2.24) is 9.71 Å². The zero-order valence-corrected chi connectivity index (χ0v) is 11.7. The smallest absolute Gasteiger partial charge is 0.258 e. The molecule has 0 saturated heterocycles. The second kappa shape index (κ2) is 7.51. The Morgan fingerprint density at radius 3 is 2.63 bits per heavy atom. The number of hydrogen-bond acceptors (Lipinski definition) is 6. The summed E-state index contributed by atoms with van der Waals surface area (Å²) in [6.07, 6.45) is 0.953. The number of ether oxygens (including phenoxy) is 2. The molecule has 0 radical (unpaired) electrons. The Kier molecular flexibility index (Phi) is 6.32. The lowest BCUT2D eigenvalue weighted by molar-refractivity contribution is 0.0320. The number of hydrogen-bond donors (Lipinski definition) is 2. The molecule has 0 saturated carbocycles. The van der Waals surface area contributed by atoms with Crippen molar-refractivity contribution < 1.29 is 23.0 Å². The van der Waals surface area contributed by atoms with E-state index in [1.807, 2.05) is 0 Å². The summed E-state index contributed by atoms with van der Waals surface area (Å²) < 4.78 is 36.2. The summed E-state index contributed by atoms with van der Waals surface area (Å²) in [4.78, 5) is 3.79. The van der Waals surface area contributed by atoms with Gasteiger partial charge in [-0.15, -0.1) is 0 Å². The van der Waals surface area contributed by atoms with E-state index in [9.17, 15) is 8.42 Å². The van der Waals surface area contributed by atoms with Crippen LogP contribution in [0.4, 0.5) is 0 Å². The van der Waals surface area contributed by atoms with Crippen LogP contribution in [0.2, 0.25) is 0 Å². The fourth-order valence-electron chi connectivity index (χ4n) is 1.34. The molecule has 1 aromatic heterocycles. The number of aliphatic hydroxyl groups is 1. The van der Waals surface area contributed by atoms with E-state index in [-0.39, 0.29) is 30.9 Å². The van der Waals surface area contributed by atoms with Gasteiger partial charge in [0.15, 0.2) is 5.03 Å². The van der Waals surface area contributed by atoms with E-state index in [4.69, 9.17) is 14.6 Å². The highest BCUT2D eigenvalue weighted by Crippen LogP contribution is 2.06. The van der Waals surface area contributed by atoms with Gasteiger partial charge < -0.3 is 14.6 Å². The van der Waals surface area contributed by atoms with Gasteiger partial charge in [-0.1, -0.05) is 6.07 Å². The molecule has 2 N–H and O–H groups in total. The molecule has 108 valence electrons. The molecule has 0 aliphatic heterocycles. The van der Waals surface area contributed by atoms with Crippen molar-refractivity contribution in [3.8, 4) is 0 Å². The van der Waals surface area contributed by atoms with Gasteiger partial charge in [-0.25, -0.2) is 18.1 Å². The van der Waals surface area contributed by atoms with Crippen molar-refractivity contribution in [1.29, 1.82) is 0 Å². The minimum absolute atomic E-state index is 0.0934. The summed E-state index contributed by atoms with van der Waals surface area (Å²) in [7, 11) is -0.699. The van der Waals surface area contributed by atoms with Crippen LogP contribution < -0.4 is 4.72 Å². The van der Waals surface area contributed by atoms with Crippen molar-refractivity contribution in [2.24, 2.45) is 0 Å². The quantitative estimate of drug-likeness (QED) is 0.670. The molecule has 0 spiro atoms. The lowest BCUT2D eigenvalue weighted by Crippen LogP contribution is -2.35. The molecule has 19 heavy (non-hydrogen) atoms. The zero-order valence-electron chi connectivity index (χ0n) is 10.9. The van der Waals surface area contributed by atoms with Gasteiger partial charge >= 0.3 is 0 Å². The minimum atomic E-state index is -3.69. The van der Waals surface area contributed by atoms with E-state index in [0.717, 1.165) is 0 Å². The van der Waals surface area contributed by atoms with Gasteiger partial charge in [0.25, 0.3) is 10.0 Å². The third-order valence-corrected chi connectivity index (χ3v) is 3.78. The van der Waals surface area contributed by atoms with Gasteiger partial charge in [-0.3, -0.25) is 0 Å². The largest absolute Gasteiger partial charge is 0.392 e. The van der Waals surface area contributed by atoms with E-state index in [0.29, 0.717) is 5.56 Å². The second-order valence-corrected chi connectivity index (χ2v) is 5.54. The first-order chi connectivity index (χ1) is 9.03. The van der Waals surface area contributed by atoms with Crippen molar-refractivity contribution in [3.63, 3.8) is 0 Å². The number of aromatic nitrogens is 1. The minimum Gasteiger partial charge on any atom is -0.392 e. The molecule has 1 heterocycles. The van der Waals surface area contributed by atoms with E-state index >= 15 is 0 Å². The average molecular weight is 290 g/mol. The Morgan fingerprint density at radius 1 is 1.42 bits per heavy atom. The monoisotopic (exact) mass is 290 g/mol. The van der Waals surface area contributed by atoms with Crippen molar-refractivity contribution >= 4 is 10.0 Å². The first kappa shape index (κ1) is 16.0. The average Bonchev–Trinajstić information content (AvgIpc) is 2.43. The first-order valence-corrected chi connectivity index (χ1v) is 7.09. The molecule has 1 aromatic rings. The molecule has 0 amide bonds. The molecular formula is C11H18N2O5S. The maximum absolute atomic E-state index is 11.9. The number of sulfonamides is 1. The van der Waals surface area contributed by atoms with Crippen LogP contribution in [0.5, 0.6) is 0 Å². The van der Waals surface area contributed by atoms with Gasteiger partial charge in [0.05, 0.1) is 19.3 Å². The SMILES string of the molecule is COCC(CNS(=O)(=O)c1ccc(CO)cn1)OC. The molecule has 0 aliphatic rings. The van der Waals surface area contributed by atoms with Crippen LogP contribution in [0, 0.1) is 0 Å².